The summed E-state index contributed by atoms with van der Waals surface area (Å²) in [6, 6.07) is 0.277. The van der Waals surface area contributed by atoms with Gasteiger partial charge in [-0.05, 0) is 45.1 Å². The van der Waals surface area contributed by atoms with Gasteiger partial charge < -0.3 is 16.0 Å². The first-order valence-corrected chi connectivity index (χ1v) is 8.99. The molecule has 22 heavy (non-hydrogen) atoms. The Morgan fingerprint density at radius 1 is 0.864 bits per heavy atom. The summed E-state index contributed by atoms with van der Waals surface area (Å²) >= 11 is 0. The van der Waals surface area contributed by atoms with Crippen LogP contribution >= 0.6 is 0 Å². The summed E-state index contributed by atoms with van der Waals surface area (Å²) in [4.78, 5) is 24.2. The standard InChI is InChI=1S/C17H31N3O2/c1-2-18-11-12-19-16(21)14-7-9-15(10-8-14)20-17(22)13-5-3-4-6-13/h13-15,18H,2-12H2,1H3,(H,19,21)(H,20,22). The molecule has 0 bridgehead atoms. The lowest BCUT2D eigenvalue weighted by molar-refractivity contribution is -0.126. The molecule has 0 unspecified atom stereocenters. The maximum Gasteiger partial charge on any atom is 0.223 e. The van der Waals surface area contributed by atoms with Crippen LogP contribution in [0, 0.1) is 11.8 Å². The lowest BCUT2D eigenvalue weighted by Crippen LogP contribution is -2.43. The maximum absolute atomic E-state index is 12.1. The predicted molar refractivity (Wildman–Crippen MR) is 87.4 cm³/mol. The molecular formula is C17H31N3O2. The highest BCUT2D eigenvalue weighted by Crippen LogP contribution is 2.27. The van der Waals surface area contributed by atoms with Gasteiger partial charge in [-0.15, -0.1) is 0 Å². The van der Waals surface area contributed by atoms with E-state index in [-0.39, 0.29) is 29.7 Å². The number of amides is 2. The average molecular weight is 309 g/mol. The number of carbonyl (C=O) groups excluding carboxylic acids is 2. The van der Waals surface area contributed by atoms with E-state index in [1.165, 1.54) is 12.8 Å². The Balaban J connectivity index is 1.62. The monoisotopic (exact) mass is 309 g/mol. The van der Waals surface area contributed by atoms with Crippen LogP contribution in [0.4, 0.5) is 0 Å². The van der Waals surface area contributed by atoms with E-state index in [0.717, 1.165) is 51.6 Å². The van der Waals surface area contributed by atoms with Crippen LogP contribution in [0.1, 0.15) is 58.3 Å². The second-order valence-corrected chi connectivity index (χ2v) is 6.68. The third-order valence-electron chi connectivity index (χ3n) is 5.02. The van der Waals surface area contributed by atoms with Crippen molar-refractivity contribution in [1.29, 1.82) is 0 Å². The molecule has 0 saturated heterocycles. The van der Waals surface area contributed by atoms with Crippen molar-refractivity contribution in [3.63, 3.8) is 0 Å². The summed E-state index contributed by atoms with van der Waals surface area (Å²) in [5.74, 6) is 0.794. The second kappa shape index (κ2) is 9.13. The van der Waals surface area contributed by atoms with Gasteiger partial charge in [0.25, 0.3) is 0 Å². The van der Waals surface area contributed by atoms with E-state index in [1.807, 2.05) is 0 Å². The van der Waals surface area contributed by atoms with E-state index in [9.17, 15) is 9.59 Å². The van der Waals surface area contributed by atoms with Crippen molar-refractivity contribution in [3.8, 4) is 0 Å². The van der Waals surface area contributed by atoms with E-state index in [0.29, 0.717) is 6.54 Å². The van der Waals surface area contributed by atoms with Crippen LogP contribution in [0.15, 0.2) is 0 Å². The minimum atomic E-state index is 0.126. The van der Waals surface area contributed by atoms with Gasteiger partial charge in [-0.2, -0.15) is 0 Å². The number of carbonyl (C=O) groups is 2. The summed E-state index contributed by atoms with van der Waals surface area (Å²) in [6.07, 6.45) is 8.14. The Morgan fingerprint density at radius 2 is 1.50 bits per heavy atom. The molecule has 0 radical (unpaired) electrons. The van der Waals surface area contributed by atoms with Gasteiger partial charge in [0.05, 0.1) is 0 Å². The number of likely N-dealkylation sites (N-methyl/N-ethyl adjacent to an activating group) is 1. The van der Waals surface area contributed by atoms with Crippen LogP contribution in [0.5, 0.6) is 0 Å². The number of hydrogen-bond donors (Lipinski definition) is 3. The van der Waals surface area contributed by atoms with Crippen LogP contribution in [0.2, 0.25) is 0 Å². The van der Waals surface area contributed by atoms with Gasteiger partial charge in [0, 0.05) is 31.0 Å². The van der Waals surface area contributed by atoms with Crippen molar-refractivity contribution < 1.29 is 9.59 Å². The number of rotatable bonds is 7. The van der Waals surface area contributed by atoms with Crippen molar-refractivity contribution in [2.24, 2.45) is 11.8 Å². The van der Waals surface area contributed by atoms with Gasteiger partial charge in [-0.1, -0.05) is 19.8 Å². The minimum absolute atomic E-state index is 0.126. The van der Waals surface area contributed by atoms with Crippen LogP contribution < -0.4 is 16.0 Å². The van der Waals surface area contributed by atoms with Crippen LogP contribution in [-0.4, -0.2) is 37.5 Å². The summed E-state index contributed by atoms with van der Waals surface area (Å²) in [6.45, 7) is 4.52. The first-order valence-electron chi connectivity index (χ1n) is 8.99. The van der Waals surface area contributed by atoms with Crippen LogP contribution in [-0.2, 0) is 9.59 Å². The van der Waals surface area contributed by atoms with Crippen molar-refractivity contribution in [2.75, 3.05) is 19.6 Å². The molecule has 0 aromatic heterocycles. The first kappa shape index (κ1) is 17.3. The van der Waals surface area contributed by atoms with Crippen molar-refractivity contribution in [2.45, 2.75) is 64.3 Å². The summed E-state index contributed by atoms with van der Waals surface area (Å²) in [7, 11) is 0. The molecule has 0 atom stereocenters. The molecule has 0 aromatic rings. The fourth-order valence-electron chi connectivity index (χ4n) is 3.60. The molecule has 0 aliphatic heterocycles. The molecule has 2 aliphatic rings. The third kappa shape index (κ3) is 5.27. The highest BCUT2D eigenvalue weighted by molar-refractivity contribution is 5.80. The van der Waals surface area contributed by atoms with Gasteiger partial charge >= 0.3 is 0 Å². The normalized spacial score (nSPS) is 25.9. The molecule has 0 heterocycles. The summed E-state index contributed by atoms with van der Waals surface area (Å²) in [5, 5.41) is 9.40. The summed E-state index contributed by atoms with van der Waals surface area (Å²) in [5.41, 5.74) is 0. The molecule has 5 heteroatoms. The van der Waals surface area contributed by atoms with E-state index >= 15 is 0 Å². The SMILES string of the molecule is CCNCCNC(=O)C1CCC(NC(=O)C2CCCC2)CC1. The number of nitrogens with one attached hydrogen (secondary N) is 3. The Kier molecular flexibility index (Phi) is 7.16. The van der Waals surface area contributed by atoms with Gasteiger partial charge in [-0.3, -0.25) is 9.59 Å². The molecule has 0 aromatic carbocycles. The van der Waals surface area contributed by atoms with Crippen molar-refractivity contribution in [1.82, 2.24) is 16.0 Å². The smallest absolute Gasteiger partial charge is 0.223 e. The second-order valence-electron chi connectivity index (χ2n) is 6.68. The first-order chi connectivity index (χ1) is 10.7. The molecule has 2 aliphatic carbocycles. The fraction of sp³-hybridized carbons (Fsp3) is 0.882. The molecule has 3 N–H and O–H groups in total. The molecule has 0 spiro atoms. The Bertz CT molecular complexity index is 359. The highest BCUT2D eigenvalue weighted by Gasteiger charge is 2.29. The zero-order valence-electron chi connectivity index (χ0n) is 13.8. The van der Waals surface area contributed by atoms with Crippen LogP contribution in [0.3, 0.4) is 0 Å². The largest absolute Gasteiger partial charge is 0.355 e. The lowest BCUT2D eigenvalue weighted by Gasteiger charge is -2.29. The van der Waals surface area contributed by atoms with Crippen molar-refractivity contribution in [3.05, 3.63) is 0 Å². The summed E-state index contributed by atoms with van der Waals surface area (Å²) < 4.78 is 0. The average Bonchev–Trinajstić information content (AvgIpc) is 3.06. The van der Waals surface area contributed by atoms with E-state index in [4.69, 9.17) is 0 Å². The molecule has 2 fully saturated rings. The van der Waals surface area contributed by atoms with Crippen molar-refractivity contribution >= 4 is 11.8 Å². The molecule has 5 nitrogen and oxygen atoms in total. The molecule has 126 valence electrons. The quantitative estimate of drug-likeness (QED) is 0.625. The molecule has 2 rings (SSSR count). The zero-order chi connectivity index (χ0) is 15.8. The molecule has 2 saturated carbocycles. The number of hydrogen-bond acceptors (Lipinski definition) is 3. The Morgan fingerprint density at radius 3 is 2.14 bits per heavy atom. The molecule has 2 amide bonds. The topological polar surface area (TPSA) is 70.2 Å². The van der Waals surface area contributed by atoms with Gasteiger partial charge in [0.1, 0.15) is 0 Å². The lowest BCUT2D eigenvalue weighted by atomic mass is 9.85. The minimum Gasteiger partial charge on any atom is -0.355 e. The Hall–Kier alpha value is -1.10. The Labute approximate surface area is 134 Å². The van der Waals surface area contributed by atoms with E-state index < -0.39 is 0 Å². The predicted octanol–water partition coefficient (Wildman–Crippen LogP) is 1.58. The zero-order valence-corrected chi connectivity index (χ0v) is 13.8. The maximum atomic E-state index is 12.1. The molecular weight excluding hydrogens is 278 g/mol. The van der Waals surface area contributed by atoms with E-state index in [2.05, 4.69) is 22.9 Å². The van der Waals surface area contributed by atoms with Crippen LogP contribution in [0.25, 0.3) is 0 Å². The van der Waals surface area contributed by atoms with Gasteiger partial charge in [-0.25, -0.2) is 0 Å². The third-order valence-corrected chi connectivity index (χ3v) is 5.02. The van der Waals surface area contributed by atoms with E-state index in [1.54, 1.807) is 0 Å². The van der Waals surface area contributed by atoms with Gasteiger partial charge in [0.15, 0.2) is 0 Å². The van der Waals surface area contributed by atoms with Gasteiger partial charge in [0.2, 0.25) is 11.8 Å². The highest BCUT2D eigenvalue weighted by atomic mass is 16.2. The fourth-order valence-corrected chi connectivity index (χ4v) is 3.60.